The van der Waals surface area contributed by atoms with Gasteiger partial charge in [-0.1, -0.05) is 0 Å². The molecule has 1 aliphatic heterocycles. The lowest BCUT2D eigenvalue weighted by atomic mass is 9.98. The van der Waals surface area contributed by atoms with Crippen LogP contribution in [0.25, 0.3) is 0 Å². The maximum absolute atomic E-state index is 5.61. The minimum absolute atomic E-state index is 0.270. The van der Waals surface area contributed by atoms with Gasteiger partial charge >= 0.3 is 0 Å². The molecule has 2 rings (SSSR count). The molecule has 0 amide bonds. The number of nitrogens with one attached hydrogen (secondary N) is 1. The monoisotopic (exact) mass is 237 g/mol. The Labute approximate surface area is 101 Å². The molecule has 0 saturated heterocycles. The number of nitrogens with two attached hydrogens (primary N) is 1. The van der Waals surface area contributed by atoms with Crippen LogP contribution in [0.15, 0.2) is 23.2 Å². The molecule has 0 radical (unpaired) electrons. The fourth-order valence-electron chi connectivity index (χ4n) is 1.90. The molecule has 3 N–H and O–H groups in total. The standard InChI is InChI=1S/C12H16ClN3/c1-8-2-3-9-6-10(16-12(14)7-13)4-5-11(9)15-8/h4-6,8,15H,2-3,7H2,1H3,(H2,14,16). The highest BCUT2D eigenvalue weighted by Gasteiger charge is 2.13. The van der Waals surface area contributed by atoms with Crippen LogP contribution in [0.4, 0.5) is 11.4 Å². The lowest BCUT2D eigenvalue weighted by Gasteiger charge is -2.24. The number of aliphatic imine (C=N–C) groups is 1. The molecule has 0 fully saturated rings. The summed E-state index contributed by atoms with van der Waals surface area (Å²) in [7, 11) is 0. The van der Waals surface area contributed by atoms with E-state index in [1.807, 2.05) is 6.07 Å². The van der Waals surface area contributed by atoms with Crippen molar-refractivity contribution >= 4 is 28.8 Å². The maximum Gasteiger partial charge on any atom is 0.115 e. The molecule has 0 aliphatic carbocycles. The van der Waals surface area contributed by atoms with Crippen molar-refractivity contribution in [3.63, 3.8) is 0 Å². The van der Waals surface area contributed by atoms with Crippen molar-refractivity contribution in [2.45, 2.75) is 25.8 Å². The number of hydrogen-bond donors (Lipinski definition) is 2. The van der Waals surface area contributed by atoms with E-state index in [0.29, 0.717) is 11.9 Å². The van der Waals surface area contributed by atoms with E-state index in [1.54, 1.807) is 0 Å². The van der Waals surface area contributed by atoms with Gasteiger partial charge in [0.05, 0.1) is 11.6 Å². The van der Waals surface area contributed by atoms with Crippen LogP contribution in [0, 0.1) is 0 Å². The van der Waals surface area contributed by atoms with E-state index in [2.05, 4.69) is 29.4 Å². The highest BCUT2D eigenvalue weighted by atomic mass is 35.5. The molecule has 3 nitrogen and oxygen atoms in total. The van der Waals surface area contributed by atoms with Crippen molar-refractivity contribution in [1.82, 2.24) is 0 Å². The van der Waals surface area contributed by atoms with Crippen LogP contribution in [-0.4, -0.2) is 17.8 Å². The topological polar surface area (TPSA) is 50.4 Å². The molecule has 1 aromatic rings. The van der Waals surface area contributed by atoms with Crippen LogP contribution in [0.1, 0.15) is 18.9 Å². The zero-order valence-electron chi connectivity index (χ0n) is 9.33. The van der Waals surface area contributed by atoms with Crippen LogP contribution in [0.5, 0.6) is 0 Å². The van der Waals surface area contributed by atoms with Gasteiger partial charge in [-0.05, 0) is 43.5 Å². The largest absolute Gasteiger partial charge is 0.386 e. The average molecular weight is 238 g/mol. The Balaban J connectivity index is 2.26. The first kappa shape index (κ1) is 11.3. The van der Waals surface area contributed by atoms with Gasteiger partial charge in [-0.25, -0.2) is 4.99 Å². The molecule has 0 bridgehead atoms. The molecule has 1 heterocycles. The summed E-state index contributed by atoms with van der Waals surface area (Å²) in [5, 5.41) is 3.45. The van der Waals surface area contributed by atoms with Gasteiger partial charge < -0.3 is 11.1 Å². The Hall–Kier alpha value is -1.22. The number of alkyl halides is 1. The predicted molar refractivity (Wildman–Crippen MR) is 69.9 cm³/mol. The molecule has 86 valence electrons. The summed E-state index contributed by atoms with van der Waals surface area (Å²) in [6.07, 6.45) is 2.25. The number of anilines is 1. The highest BCUT2D eigenvalue weighted by Crippen LogP contribution is 2.28. The third-order valence-electron chi connectivity index (χ3n) is 2.75. The van der Waals surface area contributed by atoms with Crippen LogP contribution in [0.2, 0.25) is 0 Å². The summed E-state index contributed by atoms with van der Waals surface area (Å²) in [6, 6.07) is 6.65. The molecule has 0 saturated carbocycles. The molecule has 0 spiro atoms. The molecule has 4 heteroatoms. The van der Waals surface area contributed by atoms with Crippen molar-refractivity contribution in [1.29, 1.82) is 0 Å². The van der Waals surface area contributed by atoms with Crippen LogP contribution < -0.4 is 11.1 Å². The Morgan fingerprint density at radius 3 is 3.19 bits per heavy atom. The van der Waals surface area contributed by atoms with Crippen LogP contribution in [-0.2, 0) is 6.42 Å². The van der Waals surface area contributed by atoms with E-state index in [4.69, 9.17) is 17.3 Å². The van der Waals surface area contributed by atoms with Crippen molar-refractivity contribution in [2.75, 3.05) is 11.2 Å². The molecule has 1 atom stereocenters. The quantitative estimate of drug-likeness (QED) is 0.472. The smallest absolute Gasteiger partial charge is 0.115 e. The lowest BCUT2D eigenvalue weighted by Crippen LogP contribution is -2.21. The third-order valence-corrected chi connectivity index (χ3v) is 3.02. The summed E-state index contributed by atoms with van der Waals surface area (Å²) < 4.78 is 0. The van der Waals surface area contributed by atoms with Gasteiger partial charge in [0.25, 0.3) is 0 Å². The Kier molecular flexibility index (Phi) is 3.34. The fourth-order valence-corrected chi connectivity index (χ4v) is 1.96. The van der Waals surface area contributed by atoms with Gasteiger partial charge in [-0.15, -0.1) is 11.6 Å². The van der Waals surface area contributed by atoms with E-state index < -0.39 is 0 Å². The number of nitrogens with zero attached hydrogens (tertiary/aromatic N) is 1. The molecule has 1 unspecified atom stereocenters. The minimum atomic E-state index is 0.270. The SMILES string of the molecule is CC1CCc2cc(N=C(N)CCl)ccc2N1. The van der Waals surface area contributed by atoms with E-state index in [1.165, 1.54) is 11.3 Å². The number of rotatable bonds is 2. The Bertz CT molecular complexity index is 415. The lowest BCUT2D eigenvalue weighted by molar-refractivity contribution is 0.681. The van der Waals surface area contributed by atoms with E-state index in [9.17, 15) is 0 Å². The average Bonchev–Trinajstić information content (AvgIpc) is 2.29. The Morgan fingerprint density at radius 2 is 2.44 bits per heavy atom. The number of halogens is 1. The first-order chi connectivity index (χ1) is 7.69. The van der Waals surface area contributed by atoms with Crippen LogP contribution >= 0.6 is 11.6 Å². The van der Waals surface area contributed by atoms with Gasteiger partial charge in [0.2, 0.25) is 0 Å². The molecular weight excluding hydrogens is 222 g/mol. The number of amidine groups is 1. The number of fused-ring (bicyclic) bond motifs is 1. The van der Waals surface area contributed by atoms with Crippen molar-refractivity contribution in [2.24, 2.45) is 10.7 Å². The molecule has 1 aliphatic rings. The molecular formula is C12H16ClN3. The minimum Gasteiger partial charge on any atom is -0.386 e. The van der Waals surface area contributed by atoms with E-state index in [-0.39, 0.29) is 5.88 Å². The second-order valence-corrected chi connectivity index (χ2v) is 4.43. The van der Waals surface area contributed by atoms with E-state index >= 15 is 0 Å². The zero-order valence-corrected chi connectivity index (χ0v) is 10.1. The number of hydrogen-bond acceptors (Lipinski definition) is 2. The second-order valence-electron chi connectivity index (χ2n) is 4.16. The normalized spacial score (nSPS) is 20.1. The second kappa shape index (κ2) is 4.74. The van der Waals surface area contributed by atoms with Crippen molar-refractivity contribution in [3.8, 4) is 0 Å². The van der Waals surface area contributed by atoms with Gasteiger partial charge in [0.1, 0.15) is 5.84 Å². The maximum atomic E-state index is 5.61. The third kappa shape index (κ3) is 2.47. The summed E-state index contributed by atoms with van der Waals surface area (Å²) >= 11 is 5.60. The first-order valence-corrected chi connectivity index (χ1v) is 6.01. The summed E-state index contributed by atoms with van der Waals surface area (Å²) in [6.45, 7) is 2.19. The molecule has 1 aromatic carbocycles. The summed E-state index contributed by atoms with van der Waals surface area (Å²) in [5.41, 5.74) is 9.01. The Morgan fingerprint density at radius 1 is 1.62 bits per heavy atom. The predicted octanol–water partition coefficient (Wildman–Crippen LogP) is 2.66. The van der Waals surface area contributed by atoms with Gasteiger partial charge in [0.15, 0.2) is 0 Å². The summed E-state index contributed by atoms with van der Waals surface area (Å²) in [5.74, 6) is 0.727. The summed E-state index contributed by atoms with van der Waals surface area (Å²) in [4.78, 5) is 4.24. The highest BCUT2D eigenvalue weighted by molar-refractivity contribution is 6.28. The number of benzene rings is 1. The zero-order chi connectivity index (χ0) is 11.5. The van der Waals surface area contributed by atoms with Gasteiger partial charge in [0, 0.05) is 11.7 Å². The first-order valence-electron chi connectivity index (χ1n) is 5.47. The molecule has 16 heavy (non-hydrogen) atoms. The number of aryl methyl sites for hydroxylation is 1. The van der Waals surface area contributed by atoms with E-state index in [0.717, 1.165) is 18.5 Å². The van der Waals surface area contributed by atoms with Crippen molar-refractivity contribution < 1.29 is 0 Å². The fraction of sp³-hybridized carbons (Fsp3) is 0.417. The van der Waals surface area contributed by atoms with Gasteiger partial charge in [-0.2, -0.15) is 0 Å². The van der Waals surface area contributed by atoms with Crippen molar-refractivity contribution in [3.05, 3.63) is 23.8 Å². The van der Waals surface area contributed by atoms with Crippen LogP contribution in [0.3, 0.4) is 0 Å². The van der Waals surface area contributed by atoms with Gasteiger partial charge in [-0.3, -0.25) is 0 Å². The molecule has 0 aromatic heterocycles.